The van der Waals surface area contributed by atoms with Crippen molar-refractivity contribution in [2.75, 3.05) is 5.32 Å². The van der Waals surface area contributed by atoms with Gasteiger partial charge in [-0.25, -0.2) is 0 Å². The standard InChI is InChI=1S/C13H8F3IN2O2/c14-13(15,16)8-5-10(12(21)18-6-8)19-11(20)7-2-1-3-9(17)4-7/h1-6H,(H,18,21)(H,19,20). The summed E-state index contributed by atoms with van der Waals surface area (Å²) in [7, 11) is 0. The minimum absolute atomic E-state index is 0.249. The predicted octanol–water partition coefficient (Wildman–Crippen LogP) is 3.25. The van der Waals surface area contributed by atoms with E-state index in [-0.39, 0.29) is 5.56 Å². The largest absolute Gasteiger partial charge is 0.417 e. The van der Waals surface area contributed by atoms with Crippen molar-refractivity contribution < 1.29 is 18.0 Å². The molecular weight excluding hydrogens is 400 g/mol. The number of carbonyl (C=O) groups excluding carboxylic acids is 1. The fourth-order valence-electron chi connectivity index (χ4n) is 1.56. The monoisotopic (exact) mass is 408 g/mol. The van der Waals surface area contributed by atoms with Crippen molar-refractivity contribution >= 4 is 34.2 Å². The number of aromatic amines is 1. The number of halogens is 4. The number of anilines is 1. The number of aromatic nitrogens is 1. The average Bonchev–Trinajstić information content (AvgIpc) is 2.40. The minimum Gasteiger partial charge on any atom is -0.327 e. The third-order valence-corrected chi connectivity index (χ3v) is 3.24. The molecule has 2 rings (SSSR count). The highest BCUT2D eigenvalue weighted by Crippen LogP contribution is 2.29. The lowest BCUT2D eigenvalue weighted by Crippen LogP contribution is -2.21. The first kappa shape index (κ1) is 15.5. The van der Waals surface area contributed by atoms with E-state index in [1.54, 1.807) is 18.2 Å². The molecule has 1 amide bonds. The van der Waals surface area contributed by atoms with Gasteiger partial charge in [-0.15, -0.1) is 0 Å². The Morgan fingerprint density at radius 3 is 2.57 bits per heavy atom. The summed E-state index contributed by atoms with van der Waals surface area (Å²) < 4.78 is 38.5. The summed E-state index contributed by atoms with van der Waals surface area (Å²) >= 11 is 2.00. The molecule has 2 N–H and O–H groups in total. The number of nitrogens with one attached hydrogen (secondary N) is 2. The second-order valence-corrected chi connectivity index (χ2v) is 5.34. The summed E-state index contributed by atoms with van der Waals surface area (Å²) in [5, 5.41) is 2.18. The molecule has 0 unspecified atom stereocenters. The molecule has 0 fully saturated rings. The fourth-order valence-corrected chi connectivity index (χ4v) is 2.11. The zero-order valence-electron chi connectivity index (χ0n) is 10.3. The molecule has 2 aromatic rings. The topological polar surface area (TPSA) is 62.0 Å². The third-order valence-electron chi connectivity index (χ3n) is 2.57. The van der Waals surface area contributed by atoms with Crippen LogP contribution >= 0.6 is 22.6 Å². The molecule has 0 saturated carbocycles. The van der Waals surface area contributed by atoms with Crippen LogP contribution in [0.4, 0.5) is 18.9 Å². The lowest BCUT2D eigenvalue weighted by atomic mass is 10.2. The van der Waals surface area contributed by atoms with Crippen molar-refractivity contribution in [1.82, 2.24) is 4.98 Å². The van der Waals surface area contributed by atoms with Crippen molar-refractivity contribution in [3.05, 3.63) is 61.6 Å². The number of carbonyl (C=O) groups is 1. The second-order valence-electron chi connectivity index (χ2n) is 4.09. The summed E-state index contributed by atoms with van der Waals surface area (Å²) in [4.78, 5) is 25.4. The fraction of sp³-hybridized carbons (Fsp3) is 0.0769. The smallest absolute Gasteiger partial charge is 0.327 e. The van der Waals surface area contributed by atoms with E-state index < -0.39 is 28.9 Å². The number of hydrogen-bond acceptors (Lipinski definition) is 2. The van der Waals surface area contributed by atoms with E-state index in [4.69, 9.17) is 0 Å². The normalized spacial score (nSPS) is 11.2. The molecule has 0 bridgehead atoms. The summed E-state index contributed by atoms with van der Waals surface area (Å²) in [6.07, 6.45) is -4.05. The zero-order chi connectivity index (χ0) is 15.6. The molecule has 110 valence electrons. The maximum atomic E-state index is 12.6. The van der Waals surface area contributed by atoms with Gasteiger partial charge in [0.1, 0.15) is 5.69 Å². The minimum atomic E-state index is -4.61. The van der Waals surface area contributed by atoms with Crippen LogP contribution in [0.15, 0.2) is 41.3 Å². The Bertz CT molecular complexity index is 741. The Labute approximate surface area is 130 Å². The van der Waals surface area contributed by atoms with Crippen LogP contribution in [0, 0.1) is 3.57 Å². The highest BCUT2D eigenvalue weighted by molar-refractivity contribution is 14.1. The molecular formula is C13H8F3IN2O2. The molecule has 0 aliphatic heterocycles. The number of amides is 1. The van der Waals surface area contributed by atoms with Crippen molar-refractivity contribution in [3.63, 3.8) is 0 Å². The van der Waals surface area contributed by atoms with Gasteiger partial charge in [-0.2, -0.15) is 13.2 Å². The summed E-state index contributed by atoms with van der Waals surface area (Å²) in [5.41, 5.74) is -2.05. The lowest BCUT2D eigenvalue weighted by Gasteiger charge is -2.09. The van der Waals surface area contributed by atoms with E-state index in [1.807, 2.05) is 27.6 Å². The summed E-state index contributed by atoms with van der Waals surface area (Å²) in [6, 6.07) is 7.04. The van der Waals surface area contributed by atoms with Gasteiger partial charge in [0.15, 0.2) is 0 Å². The molecule has 8 heteroatoms. The molecule has 4 nitrogen and oxygen atoms in total. The Morgan fingerprint density at radius 2 is 1.95 bits per heavy atom. The van der Waals surface area contributed by atoms with Gasteiger partial charge in [-0.3, -0.25) is 9.59 Å². The first-order valence-corrected chi connectivity index (χ1v) is 6.72. The van der Waals surface area contributed by atoms with E-state index in [0.717, 1.165) is 3.57 Å². The number of pyridine rings is 1. The van der Waals surface area contributed by atoms with Crippen molar-refractivity contribution in [1.29, 1.82) is 0 Å². The number of hydrogen-bond donors (Lipinski definition) is 2. The number of alkyl halides is 3. The third kappa shape index (κ3) is 3.84. The maximum Gasteiger partial charge on any atom is 0.417 e. The molecule has 0 saturated heterocycles. The predicted molar refractivity (Wildman–Crippen MR) is 79.2 cm³/mol. The van der Waals surface area contributed by atoms with Crippen LogP contribution in [0.25, 0.3) is 0 Å². The van der Waals surface area contributed by atoms with Crippen LogP contribution in [-0.4, -0.2) is 10.9 Å². The summed E-state index contributed by atoms with van der Waals surface area (Å²) in [6.45, 7) is 0. The van der Waals surface area contributed by atoms with Gasteiger partial charge in [-0.1, -0.05) is 6.07 Å². The van der Waals surface area contributed by atoms with Gasteiger partial charge >= 0.3 is 6.18 Å². The van der Waals surface area contributed by atoms with Crippen LogP contribution in [0.3, 0.4) is 0 Å². The van der Waals surface area contributed by atoms with Gasteiger partial charge in [0.05, 0.1) is 5.56 Å². The molecule has 1 heterocycles. The van der Waals surface area contributed by atoms with Gasteiger partial charge in [-0.05, 0) is 46.9 Å². The summed E-state index contributed by atoms with van der Waals surface area (Å²) in [5.74, 6) is -0.654. The molecule has 1 aromatic carbocycles. The van der Waals surface area contributed by atoms with Crippen molar-refractivity contribution in [2.24, 2.45) is 0 Å². The van der Waals surface area contributed by atoms with E-state index in [2.05, 4.69) is 5.32 Å². The van der Waals surface area contributed by atoms with E-state index in [1.165, 1.54) is 6.07 Å². The first-order valence-electron chi connectivity index (χ1n) is 5.64. The number of H-pyrrole nitrogens is 1. The highest BCUT2D eigenvalue weighted by atomic mass is 127. The maximum absolute atomic E-state index is 12.6. The Balaban J connectivity index is 2.31. The van der Waals surface area contributed by atoms with Crippen LogP contribution < -0.4 is 10.9 Å². The quantitative estimate of drug-likeness (QED) is 0.750. The molecule has 21 heavy (non-hydrogen) atoms. The van der Waals surface area contributed by atoms with Crippen LogP contribution in [0.2, 0.25) is 0 Å². The molecule has 0 aliphatic carbocycles. The van der Waals surface area contributed by atoms with Crippen molar-refractivity contribution in [2.45, 2.75) is 6.18 Å². The average molecular weight is 408 g/mol. The highest BCUT2D eigenvalue weighted by Gasteiger charge is 2.31. The second kappa shape index (κ2) is 5.88. The van der Waals surface area contributed by atoms with Crippen LogP contribution in [-0.2, 0) is 6.18 Å². The number of rotatable bonds is 2. The van der Waals surface area contributed by atoms with Crippen LogP contribution in [0.5, 0.6) is 0 Å². The molecule has 0 spiro atoms. The molecule has 0 radical (unpaired) electrons. The SMILES string of the molecule is O=C(Nc1cc(C(F)(F)F)c[nH]c1=O)c1cccc(I)c1. The lowest BCUT2D eigenvalue weighted by molar-refractivity contribution is -0.137. The Morgan fingerprint density at radius 1 is 1.24 bits per heavy atom. The molecule has 0 atom stereocenters. The Hall–Kier alpha value is -1.84. The van der Waals surface area contributed by atoms with Gasteiger partial charge in [0, 0.05) is 15.3 Å². The zero-order valence-corrected chi connectivity index (χ0v) is 12.4. The van der Waals surface area contributed by atoms with E-state index in [0.29, 0.717) is 12.3 Å². The van der Waals surface area contributed by atoms with Gasteiger partial charge in [0.2, 0.25) is 0 Å². The van der Waals surface area contributed by atoms with Gasteiger partial charge < -0.3 is 10.3 Å². The van der Waals surface area contributed by atoms with E-state index >= 15 is 0 Å². The number of benzene rings is 1. The van der Waals surface area contributed by atoms with Gasteiger partial charge in [0.25, 0.3) is 11.5 Å². The van der Waals surface area contributed by atoms with Crippen molar-refractivity contribution in [3.8, 4) is 0 Å². The first-order chi connectivity index (χ1) is 9.77. The molecule has 1 aromatic heterocycles. The van der Waals surface area contributed by atoms with E-state index in [9.17, 15) is 22.8 Å². The van der Waals surface area contributed by atoms with Crippen LogP contribution in [0.1, 0.15) is 15.9 Å². The molecule has 0 aliphatic rings. The Kier molecular flexibility index (Phi) is 4.35.